The van der Waals surface area contributed by atoms with E-state index in [2.05, 4.69) is 32.0 Å². The number of rotatable bonds is 7. The molecule has 0 spiro atoms. The molecule has 10 heteroatoms. The first-order chi connectivity index (χ1) is 17.5. The predicted molar refractivity (Wildman–Crippen MR) is 136 cm³/mol. The van der Waals surface area contributed by atoms with Gasteiger partial charge in [0.2, 0.25) is 23.6 Å². The first kappa shape index (κ1) is 23.7. The number of hydrogen-bond donors (Lipinski definition) is 3. The highest BCUT2D eigenvalue weighted by Crippen LogP contribution is 2.29. The summed E-state index contributed by atoms with van der Waals surface area (Å²) in [4.78, 5) is 60.7. The van der Waals surface area contributed by atoms with Crippen LogP contribution < -0.4 is 20.9 Å². The summed E-state index contributed by atoms with van der Waals surface area (Å²) in [6.07, 6.45) is 5.21. The van der Waals surface area contributed by atoms with Crippen molar-refractivity contribution >= 4 is 52.6 Å². The topological polar surface area (TPSA) is 132 Å². The molecular formula is C26H28N6O4. The van der Waals surface area contributed by atoms with Crippen LogP contribution in [0.1, 0.15) is 32.1 Å². The average molecular weight is 489 g/mol. The molecule has 3 aliphatic heterocycles. The average Bonchev–Trinajstić information content (AvgIpc) is 3.65. The summed E-state index contributed by atoms with van der Waals surface area (Å²) in [7, 11) is 0. The number of nitrogens with zero attached hydrogens (tertiary/aromatic N) is 3. The zero-order valence-electron chi connectivity index (χ0n) is 19.7. The quantitative estimate of drug-likeness (QED) is 0.537. The van der Waals surface area contributed by atoms with Gasteiger partial charge in [-0.05, 0) is 42.2 Å². The van der Waals surface area contributed by atoms with Crippen LogP contribution >= 0.6 is 0 Å². The zero-order chi connectivity index (χ0) is 25.1. The molecule has 36 heavy (non-hydrogen) atoms. The Morgan fingerprint density at radius 2 is 1.92 bits per heavy atom. The molecule has 2 aromatic carbocycles. The van der Waals surface area contributed by atoms with Crippen LogP contribution in [-0.2, 0) is 19.2 Å². The fraction of sp³-hybridized carbons (Fsp3) is 0.385. The third kappa shape index (κ3) is 5.12. The van der Waals surface area contributed by atoms with Crippen LogP contribution in [0.5, 0.6) is 0 Å². The second-order valence-corrected chi connectivity index (χ2v) is 9.32. The molecule has 0 aliphatic carbocycles. The summed E-state index contributed by atoms with van der Waals surface area (Å²) in [5, 5.41) is 10.0. The van der Waals surface area contributed by atoms with Crippen molar-refractivity contribution in [2.75, 3.05) is 11.4 Å². The Labute approximate surface area is 208 Å². The second kappa shape index (κ2) is 10.3. The van der Waals surface area contributed by atoms with Crippen LogP contribution in [-0.4, -0.2) is 66.9 Å². The van der Waals surface area contributed by atoms with Crippen molar-refractivity contribution in [2.45, 2.75) is 56.3 Å². The molecule has 3 aliphatic rings. The highest BCUT2D eigenvalue weighted by atomic mass is 16.2. The van der Waals surface area contributed by atoms with Crippen LogP contribution in [0.15, 0.2) is 52.4 Å². The molecule has 0 aromatic heterocycles. The highest BCUT2D eigenvalue weighted by Gasteiger charge is 2.35. The Bertz CT molecular complexity index is 1250. The lowest BCUT2D eigenvalue weighted by molar-refractivity contribution is -0.135. The lowest BCUT2D eigenvalue weighted by Crippen LogP contribution is -2.55. The van der Waals surface area contributed by atoms with Gasteiger partial charge in [-0.2, -0.15) is 0 Å². The number of imide groups is 1. The summed E-state index contributed by atoms with van der Waals surface area (Å²) < 4.78 is 0. The van der Waals surface area contributed by atoms with E-state index in [1.165, 1.54) is 6.34 Å². The summed E-state index contributed by atoms with van der Waals surface area (Å²) in [6.45, 7) is 0.708. The van der Waals surface area contributed by atoms with Gasteiger partial charge in [-0.1, -0.05) is 30.3 Å². The second-order valence-electron chi connectivity index (χ2n) is 9.32. The first-order valence-electron chi connectivity index (χ1n) is 12.2. The van der Waals surface area contributed by atoms with Crippen molar-refractivity contribution in [3.8, 4) is 0 Å². The smallest absolute Gasteiger partial charge is 0.249 e. The molecule has 3 heterocycles. The molecule has 4 amide bonds. The van der Waals surface area contributed by atoms with Crippen molar-refractivity contribution in [2.24, 2.45) is 9.98 Å². The van der Waals surface area contributed by atoms with Crippen molar-refractivity contribution in [1.82, 2.24) is 16.0 Å². The summed E-state index contributed by atoms with van der Waals surface area (Å²) in [6, 6.07) is 11.5. The molecule has 0 radical (unpaired) electrons. The summed E-state index contributed by atoms with van der Waals surface area (Å²) in [5.74, 6) is -1.65. The van der Waals surface area contributed by atoms with E-state index in [0.29, 0.717) is 19.4 Å². The number of carbonyl (C=O) groups excluding carboxylic acids is 4. The van der Waals surface area contributed by atoms with E-state index in [-0.39, 0.29) is 24.8 Å². The van der Waals surface area contributed by atoms with Crippen LogP contribution in [0, 0.1) is 0 Å². The van der Waals surface area contributed by atoms with E-state index in [1.807, 2.05) is 41.3 Å². The van der Waals surface area contributed by atoms with Crippen LogP contribution in [0.25, 0.3) is 10.8 Å². The van der Waals surface area contributed by atoms with Gasteiger partial charge in [-0.3, -0.25) is 29.5 Å². The molecule has 10 nitrogen and oxygen atoms in total. The third-order valence-corrected chi connectivity index (χ3v) is 6.87. The fourth-order valence-electron chi connectivity index (χ4n) is 4.97. The molecule has 2 aromatic rings. The molecule has 2 saturated heterocycles. The molecule has 2 fully saturated rings. The minimum Gasteiger partial charge on any atom is -0.359 e. The largest absolute Gasteiger partial charge is 0.359 e. The number of anilines is 1. The van der Waals surface area contributed by atoms with Gasteiger partial charge >= 0.3 is 0 Å². The number of nitrogens with one attached hydrogen (secondary N) is 3. The molecule has 186 valence electrons. The van der Waals surface area contributed by atoms with E-state index in [9.17, 15) is 19.2 Å². The Balaban J connectivity index is 1.28. The minimum absolute atomic E-state index is 0.157. The Morgan fingerprint density at radius 1 is 1.08 bits per heavy atom. The van der Waals surface area contributed by atoms with Crippen LogP contribution in [0.3, 0.4) is 0 Å². The predicted octanol–water partition coefficient (Wildman–Crippen LogP) is 1.09. The minimum atomic E-state index is -0.999. The Hall–Kier alpha value is -4.08. The number of carbonyl (C=O) groups is 4. The number of aliphatic imine (C=N–C) groups is 2. The number of benzene rings is 2. The van der Waals surface area contributed by atoms with Crippen LogP contribution in [0.2, 0.25) is 0 Å². The van der Waals surface area contributed by atoms with E-state index in [1.54, 1.807) is 6.21 Å². The molecule has 1 unspecified atom stereocenters. The van der Waals surface area contributed by atoms with Gasteiger partial charge in [0.1, 0.15) is 24.5 Å². The standard InChI is InChI=1S/C26H28N6O4/c33-23-10-9-20(29-23)24(34)30-21(13-18-14-27-15-28-18)25(35)31-26(36)22-6-3-11-32(22)19-8-7-16-4-1-2-5-17(16)12-19/h1-2,4-5,7-8,12,14-15,18,20-22H,3,6,9-11,13H2,(H,29,33)(H,30,34)(H,31,35,36)/t18?,20-,21-,22-/m0/s1. The number of hydrogen-bond acceptors (Lipinski definition) is 7. The lowest BCUT2D eigenvalue weighted by Gasteiger charge is -2.27. The monoisotopic (exact) mass is 488 g/mol. The first-order valence-corrected chi connectivity index (χ1v) is 12.2. The fourth-order valence-corrected chi connectivity index (χ4v) is 4.97. The van der Waals surface area contributed by atoms with Crippen molar-refractivity contribution in [3.63, 3.8) is 0 Å². The lowest BCUT2D eigenvalue weighted by atomic mass is 10.1. The highest BCUT2D eigenvalue weighted by molar-refractivity contribution is 6.03. The maximum atomic E-state index is 13.2. The molecule has 3 N–H and O–H groups in total. The maximum absolute atomic E-state index is 13.2. The molecule has 5 rings (SSSR count). The molecule has 0 bridgehead atoms. The van der Waals surface area contributed by atoms with E-state index >= 15 is 0 Å². The number of fused-ring (bicyclic) bond motifs is 1. The van der Waals surface area contributed by atoms with Gasteiger partial charge in [0.25, 0.3) is 0 Å². The van der Waals surface area contributed by atoms with E-state index in [4.69, 9.17) is 0 Å². The molecule has 4 atom stereocenters. The van der Waals surface area contributed by atoms with Gasteiger partial charge in [-0.15, -0.1) is 0 Å². The van der Waals surface area contributed by atoms with Gasteiger partial charge in [0, 0.05) is 31.3 Å². The Kier molecular flexibility index (Phi) is 6.75. The normalized spacial score (nSPS) is 23.6. The van der Waals surface area contributed by atoms with E-state index in [0.717, 1.165) is 22.9 Å². The van der Waals surface area contributed by atoms with Gasteiger partial charge in [-0.25, -0.2) is 4.99 Å². The molecular weight excluding hydrogens is 460 g/mol. The summed E-state index contributed by atoms with van der Waals surface area (Å²) >= 11 is 0. The maximum Gasteiger partial charge on any atom is 0.249 e. The molecule has 0 saturated carbocycles. The van der Waals surface area contributed by atoms with Gasteiger partial charge < -0.3 is 15.5 Å². The zero-order valence-corrected chi connectivity index (χ0v) is 19.7. The van der Waals surface area contributed by atoms with Gasteiger partial charge in [0.15, 0.2) is 0 Å². The third-order valence-electron chi connectivity index (χ3n) is 6.87. The van der Waals surface area contributed by atoms with Crippen LogP contribution in [0.4, 0.5) is 5.69 Å². The Morgan fingerprint density at radius 3 is 2.67 bits per heavy atom. The van der Waals surface area contributed by atoms with Crippen molar-refractivity contribution < 1.29 is 19.2 Å². The SMILES string of the molecule is O=C1CC[C@@H](C(=O)N[C@@H](CC2C=NC=N2)C(=O)NC(=O)[C@@H]2CCCN2c2ccc3ccccc3c2)N1. The van der Waals surface area contributed by atoms with Crippen molar-refractivity contribution in [1.29, 1.82) is 0 Å². The summed E-state index contributed by atoms with van der Waals surface area (Å²) in [5.41, 5.74) is 0.928. The number of amides is 4. The van der Waals surface area contributed by atoms with Crippen molar-refractivity contribution in [3.05, 3.63) is 42.5 Å². The van der Waals surface area contributed by atoms with E-state index < -0.39 is 35.8 Å². The van der Waals surface area contributed by atoms with Gasteiger partial charge in [0.05, 0.1) is 6.04 Å².